The smallest absolute Gasteiger partial charge is 0.422 e. The van der Waals surface area contributed by atoms with Crippen LogP contribution in [0.4, 0.5) is 18.0 Å². The van der Waals surface area contributed by atoms with Gasteiger partial charge in [-0.25, -0.2) is 9.59 Å². The SMILES string of the molecule is O=C(NC(Cc1ccc(Cl)cc1)C(=O)OCC(F)(F)F)OCc1ccccc1. The molecule has 150 valence electrons. The lowest BCUT2D eigenvalue weighted by Crippen LogP contribution is -2.44. The van der Waals surface area contributed by atoms with E-state index in [0.29, 0.717) is 16.1 Å². The Labute approximate surface area is 164 Å². The van der Waals surface area contributed by atoms with Crippen molar-refractivity contribution in [3.8, 4) is 0 Å². The summed E-state index contributed by atoms with van der Waals surface area (Å²) in [5, 5.41) is 2.70. The van der Waals surface area contributed by atoms with Gasteiger partial charge < -0.3 is 14.8 Å². The van der Waals surface area contributed by atoms with Crippen molar-refractivity contribution in [1.29, 1.82) is 0 Å². The Morgan fingerprint density at radius 3 is 2.21 bits per heavy atom. The highest BCUT2D eigenvalue weighted by Gasteiger charge is 2.32. The van der Waals surface area contributed by atoms with Crippen molar-refractivity contribution in [3.05, 3.63) is 70.7 Å². The van der Waals surface area contributed by atoms with Gasteiger partial charge in [0.05, 0.1) is 0 Å². The highest BCUT2D eigenvalue weighted by Crippen LogP contribution is 2.16. The lowest BCUT2D eigenvalue weighted by Gasteiger charge is -2.18. The predicted octanol–water partition coefficient (Wildman–Crippen LogP) is 4.28. The summed E-state index contributed by atoms with van der Waals surface area (Å²) in [7, 11) is 0. The summed E-state index contributed by atoms with van der Waals surface area (Å²) < 4.78 is 46.2. The Morgan fingerprint density at radius 2 is 1.61 bits per heavy atom. The van der Waals surface area contributed by atoms with E-state index in [9.17, 15) is 22.8 Å². The van der Waals surface area contributed by atoms with E-state index in [-0.39, 0.29) is 13.0 Å². The van der Waals surface area contributed by atoms with Gasteiger partial charge in [-0.1, -0.05) is 54.1 Å². The second kappa shape index (κ2) is 9.98. The topological polar surface area (TPSA) is 64.6 Å². The van der Waals surface area contributed by atoms with Gasteiger partial charge in [-0.2, -0.15) is 13.2 Å². The van der Waals surface area contributed by atoms with Gasteiger partial charge in [0.25, 0.3) is 0 Å². The van der Waals surface area contributed by atoms with Crippen LogP contribution < -0.4 is 5.32 Å². The van der Waals surface area contributed by atoms with E-state index in [0.717, 1.165) is 0 Å². The molecule has 0 radical (unpaired) electrons. The van der Waals surface area contributed by atoms with Crippen LogP contribution >= 0.6 is 11.6 Å². The molecule has 0 aliphatic rings. The molecule has 1 N–H and O–H groups in total. The number of alkyl carbamates (subject to hydrolysis) is 1. The number of rotatable bonds is 7. The van der Waals surface area contributed by atoms with Crippen molar-refractivity contribution in [2.24, 2.45) is 0 Å². The van der Waals surface area contributed by atoms with E-state index < -0.39 is 30.9 Å². The molecule has 28 heavy (non-hydrogen) atoms. The van der Waals surface area contributed by atoms with Crippen molar-refractivity contribution in [2.75, 3.05) is 6.61 Å². The quantitative estimate of drug-likeness (QED) is 0.685. The van der Waals surface area contributed by atoms with Gasteiger partial charge in [-0.15, -0.1) is 0 Å². The lowest BCUT2D eigenvalue weighted by atomic mass is 10.1. The zero-order chi connectivity index (χ0) is 20.6. The molecule has 0 spiro atoms. The third kappa shape index (κ3) is 7.87. The Kier molecular flexibility index (Phi) is 7.69. The average molecular weight is 416 g/mol. The summed E-state index contributed by atoms with van der Waals surface area (Å²) in [6, 6.07) is 13.7. The molecule has 1 amide bonds. The normalized spacial score (nSPS) is 12.1. The first-order valence-electron chi connectivity index (χ1n) is 8.18. The molecule has 0 fully saturated rings. The Balaban J connectivity index is 2.00. The second-order valence-corrected chi connectivity index (χ2v) is 6.25. The summed E-state index contributed by atoms with van der Waals surface area (Å²) >= 11 is 5.79. The van der Waals surface area contributed by atoms with Crippen molar-refractivity contribution >= 4 is 23.7 Å². The van der Waals surface area contributed by atoms with Crippen LogP contribution in [0.3, 0.4) is 0 Å². The van der Waals surface area contributed by atoms with E-state index >= 15 is 0 Å². The maximum absolute atomic E-state index is 12.3. The number of hydrogen-bond donors (Lipinski definition) is 1. The molecular formula is C19H17ClF3NO4. The van der Waals surface area contributed by atoms with Crippen LogP contribution in [0.1, 0.15) is 11.1 Å². The molecule has 1 atom stereocenters. The number of benzene rings is 2. The fourth-order valence-corrected chi connectivity index (χ4v) is 2.34. The van der Waals surface area contributed by atoms with Gasteiger partial charge >= 0.3 is 18.2 Å². The number of nitrogens with one attached hydrogen (secondary N) is 1. The fraction of sp³-hybridized carbons (Fsp3) is 0.263. The summed E-state index contributed by atoms with van der Waals surface area (Å²) in [6.45, 7) is -1.80. The van der Waals surface area contributed by atoms with E-state index in [1.165, 1.54) is 0 Å². The Hall–Kier alpha value is -2.74. The van der Waals surface area contributed by atoms with E-state index in [1.54, 1.807) is 54.6 Å². The number of ether oxygens (including phenoxy) is 2. The number of esters is 1. The fourth-order valence-electron chi connectivity index (χ4n) is 2.21. The summed E-state index contributed by atoms with van der Waals surface area (Å²) in [5.74, 6) is -1.22. The van der Waals surface area contributed by atoms with Crippen molar-refractivity contribution in [2.45, 2.75) is 25.2 Å². The summed E-state index contributed by atoms with van der Waals surface area (Å²) in [5.41, 5.74) is 1.29. The maximum atomic E-state index is 12.3. The van der Waals surface area contributed by atoms with Gasteiger partial charge in [0, 0.05) is 11.4 Å². The van der Waals surface area contributed by atoms with Crippen molar-refractivity contribution in [3.63, 3.8) is 0 Å². The number of halogens is 4. The van der Waals surface area contributed by atoms with Crippen molar-refractivity contribution < 1.29 is 32.2 Å². The van der Waals surface area contributed by atoms with Gasteiger partial charge in [-0.3, -0.25) is 0 Å². The average Bonchev–Trinajstić information content (AvgIpc) is 2.66. The number of hydrogen-bond acceptors (Lipinski definition) is 4. The zero-order valence-electron chi connectivity index (χ0n) is 14.5. The molecule has 0 bridgehead atoms. The molecule has 2 rings (SSSR count). The van der Waals surface area contributed by atoms with Gasteiger partial charge in [0.2, 0.25) is 0 Å². The zero-order valence-corrected chi connectivity index (χ0v) is 15.3. The minimum Gasteiger partial charge on any atom is -0.454 e. The van der Waals surface area contributed by atoms with Crippen LogP contribution in [0.5, 0.6) is 0 Å². The lowest BCUT2D eigenvalue weighted by molar-refractivity contribution is -0.187. The molecular weight excluding hydrogens is 399 g/mol. The molecule has 0 saturated carbocycles. The van der Waals surface area contributed by atoms with E-state index in [2.05, 4.69) is 10.1 Å². The highest BCUT2D eigenvalue weighted by molar-refractivity contribution is 6.30. The van der Waals surface area contributed by atoms with Crippen LogP contribution in [-0.2, 0) is 27.3 Å². The second-order valence-electron chi connectivity index (χ2n) is 5.81. The van der Waals surface area contributed by atoms with Gasteiger partial charge in [0.15, 0.2) is 6.61 Å². The molecule has 0 heterocycles. The molecule has 0 aliphatic heterocycles. The molecule has 0 saturated heterocycles. The molecule has 9 heteroatoms. The summed E-state index contributed by atoms with van der Waals surface area (Å²) in [4.78, 5) is 24.0. The third-order valence-electron chi connectivity index (χ3n) is 3.52. The van der Waals surface area contributed by atoms with Crippen LogP contribution in [0.15, 0.2) is 54.6 Å². The Bertz CT molecular complexity index is 782. The van der Waals surface area contributed by atoms with Crippen LogP contribution in [0, 0.1) is 0 Å². The maximum Gasteiger partial charge on any atom is 0.422 e. The largest absolute Gasteiger partial charge is 0.454 e. The van der Waals surface area contributed by atoms with E-state index in [1.807, 2.05) is 0 Å². The first-order valence-corrected chi connectivity index (χ1v) is 8.56. The predicted molar refractivity (Wildman–Crippen MR) is 95.7 cm³/mol. The molecule has 0 aromatic heterocycles. The molecule has 0 aliphatic carbocycles. The van der Waals surface area contributed by atoms with Crippen LogP contribution in [-0.4, -0.2) is 30.9 Å². The summed E-state index contributed by atoms with van der Waals surface area (Å²) in [6.07, 6.45) is -5.71. The Morgan fingerprint density at radius 1 is 0.964 bits per heavy atom. The molecule has 5 nitrogen and oxygen atoms in total. The number of alkyl halides is 3. The minimum atomic E-state index is -4.67. The van der Waals surface area contributed by atoms with Gasteiger partial charge in [-0.05, 0) is 23.3 Å². The van der Waals surface area contributed by atoms with E-state index in [4.69, 9.17) is 16.3 Å². The number of carbonyl (C=O) groups excluding carboxylic acids is 2. The number of amides is 1. The van der Waals surface area contributed by atoms with Crippen LogP contribution in [0.25, 0.3) is 0 Å². The third-order valence-corrected chi connectivity index (χ3v) is 3.77. The highest BCUT2D eigenvalue weighted by atomic mass is 35.5. The molecule has 1 unspecified atom stereocenters. The minimum absolute atomic E-state index is 0.0576. The first-order chi connectivity index (χ1) is 13.2. The number of carbonyl (C=O) groups is 2. The van der Waals surface area contributed by atoms with Crippen LogP contribution in [0.2, 0.25) is 5.02 Å². The van der Waals surface area contributed by atoms with Gasteiger partial charge in [0.1, 0.15) is 12.6 Å². The standard InChI is InChI=1S/C19H17ClF3NO4/c20-15-8-6-13(7-9-15)10-16(17(25)28-12-19(21,22)23)24-18(26)27-11-14-4-2-1-3-5-14/h1-9,16H,10-12H2,(H,24,26). The van der Waals surface area contributed by atoms with Crippen molar-refractivity contribution in [1.82, 2.24) is 5.32 Å². The molecule has 2 aromatic carbocycles. The monoisotopic (exact) mass is 415 g/mol. The first kappa shape index (κ1) is 21.6. The molecule has 2 aromatic rings.